The molecule has 0 unspecified atom stereocenters. The second-order valence-electron chi connectivity index (χ2n) is 1.99. The van der Waals surface area contributed by atoms with Gasteiger partial charge in [0.05, 0.1) is 0 Å². The smallest absolute Gasteiger partial charge is 0.477 e. The molecule has 0 spiro atoms. The molecule has 0 aliphatic rings. The lowest BCUT2D eigenvalue weighted by Gasteiger charge is -1.87. The first-order valence-corrected chi connectivity index (χ1v) is 4.70. The van der Waals surface area contributed by atoms with Gasteiger partial charge in [-0.25, -0.2) is 14.3 Å². The second-order valence-corrected chi connectivity index (χ2v) is 2.94. The van der Waals surface area contributed by atoms with Crippen molar-refractivity contribution >= 4 is 13.9 Å². The lowest BCUT2D eigenvalue weighted by Crippen LogP contribution is -1.97. The number of carboxylic acid groups (broad SMARTS) is 1. The highest BCUT2D eigenvalue weighted by Gasteiger charge is 2.04. The molecule has 0 aliphatic carbocycles. The van der Waals surface area contributed by atoms with Crippen molar-refractivity contribution in [3.63, 3.8) is 0 Å². The highest BCUT2D eigenvalue weighted by Crippen LogP contribution is 2.34. The predicted molar refractivity (Wildman–Crippen MR) is 44.3 cm³/mol. The van der Waals surface area contributed by atoms with Crippen LogP contribution in [-0.2, 0) is 4.57 Å². The standard InChI is InChI=1S/C6H5NO2.FH2O3P/c8-6(9)5-3-1-2-4-7-5;1-5(2,3)4/h1-4H,(H,8,9);(H2,2,3,4). The van der Waals surface area contributed by atoms with Crippen molar-refractivity contribution in [1.82, 2.24) is 4.98 Å². The molecule has 0 aliphatic heterocycles. The van der Waals surface area contributed by atoms with Gasteiger partial charge < -0.3 is 5.11 Å². The highest BCUT2D eigenvalue weighted by atomic mass is 31.2. The van der Waals surface area contributed by atoms with Gasteiger partial charge in [0.15, 0.2) is 0 Å². The van der Waals surface area contributed by atoms with E-state index in [1.165, 1.54) is 12.3 Å². The molecule has 0 aromatic carbocycles. The maximum atomic E-state index is 10.4. The summed E-state index contributed by atoms with van der Waals surface area (Å²) in [5.41, 5.74) is 0.0810. The van der Waals surface area contributed by atoms with Crippen LogP contribution in [0.1, 0.15) is 10.5 Å². The molecule has 8 heteroatoms. The van der Waals surface area contributed by atoms with Gasteiger partial charge in [0.1, 0.15) is 5.69 Å². The Hall–Kier alpha value is -1.30. The van der Waals surface area contributed by atoms with Gasteiger partial charge in [-0.1, -0.05) is 6.07 Å². The first-order valence-electron chi connectivity index (χ1n) is 3.20. The van der Waals surface area contributed by atoms with E-state index in [2.05, 4.69) is 4.98 Å². The zero-order valence-corrected chi connectivity index (χ0v) is 7.63. The number of hydrogen-bond donors (Lipinski definition) is 3. The van der Waals surface area contributed by atoms with E-state index in [0.717, 1.165) is 0 Å². The maximum Gasteiger partial charge on any atom is 0.507 e. The Kier molecular flexibility index (Phi) is 4.93. The summed E-state index contributed by atoms with van der Waals surface area (Å²) < 4.78 is 19.0. The Bertz CT molecular complexity index is 329. The van der Waals surface area contributed by atoms with Crippen molar-refractivity contribution in [3.05, 3.63) is 30.1 Å². The average molecular weight is 223 g/mol. The molecule has 1 aromatic rings. The number of aromatic nitrogens is 1. The first-order chi connectivity index (χ1) is 6.30. The van der Waals surface area contributed by atoms with Crippen LogP contribution < -0.4 is 0 Å². The van der Waals surface area contributed by atoms with Crippen LogP contribution in [-0.4, -0.2) is 25.8 Å². The average Bonchev–Trinajstić information content (AvgIpc) is 2.03. The van der Waals surface area contributed by atoms with Crippen LogP contribution >= 0.6 is 7.91 Å². The zero-order valence-electron chi connectivity index (χ0n) is 6.74. The molecule has 1 heterocycles. The number of halogens is 1. The number of carbonyl (C=O) groups is 1. The minimum atomic E-state index is -5.14. The molecule has 3 N–H and O–H groups in total. The van der Waals surface area contributed by atoms with Crippen LogP contribution in [0.3, 0.4) is 0 Å². The van der Waals surface area contributed by atoms with Gasteiger partial charge in [0.25, 0.3) is 0 Å². The van der Waals surface area contributed by atoms with Crippen LogP contribution in [0.15, 0.2) is 24.4 Å². The summed E-state index contributed by atoms with van der Waals surface area (Å²) in [5, 5.41) is 8.32. The van der Waals surface area contributed by atoms with E-state index in [1.807, 2.05) is 0 Å². The molecule has 6 nitrogen and oxygen atoms in total. The van der Waals surface area contributed by atoms with E-state index in [-0.39, 0.29) is 5.69 Å². The summed E-state index contributed by atoms with van der Waals surface area (Å²) >= 11 is 0. The molecule has 1 rings (SSSR count). The molecule has 0 saturated carbocycles. The number of hydrogen-bond acceptors (Lipinski definition) is 3. The van der Waals surface area contributed by atoms with Crippen LogP contribution in [0.4, 0.5) is 4.20 Å². The number of pyridine rings is 1. The summed E-state index contributed by atoms with van der Waals surface area (Å²) in [7, 11) is -5.14. The molecule has 0 radical (unpaired) electrons. The van der Waals surface area contributed by atoms with Crippen LogP contribution in [0, 0.1) is 0 Å². The van der Waals surface area contributed by atoms with Gasteiger partial charge in [-0.2, -0.15) is 0 Å². The molecular formula is C6H7FNO5P. The number of nitrogens with zero attached hydrogens (tertiary/aromatic N) is 1. The van der Waals surface area contributed by atoms with Gasteiger partial charge in [0, 0.05) is 6.20 Å². The predicted octanol–water partition coefficient (Wildman–Crippen LogP) is 0.828. The van der Waals surface area contributed by atoms with Crippen LogP contribution in [0.5, 0.6) is 0 Å². The topological polar surface area (TPSA) is 108 Å². The molecule has 14 heavy (non-hydrogen) atoms. The van der Waals surface area contributed by atoms with Gasteiger partial charge in [-0.15, -0.1) is 4.20 Å². The third-order valence-electron chi connectivity index (χ3n) is 0.884. The monoisotopic (exact) mass is 223 g/mol. The van der Waals surface area contributed by atoms with Crippen molar-refractivity contribution in [3.8, 4) is 0 Å². The Labute approximate surface area is 78.3 Å². The lowest BCUT2D eigenvalue weighted by molar-refractivity contribution is 0.0690. The van der Waals surface area contributed by atoms with Gasteiger partial charge >= 0.3 is 13.9 Å². The number of aromatic carboxylic acids is 1. The fourth-order valence-corrected chi connectivity index (χ4v) is 0.489. The third kappa shape index (κ3) is 8.79. The Morgan fingerprint density at radius 2 is 1.93 bits per heavy atom. The molecule has 0 atom stereocenters. The van der Waals surface area contributed by atoms with Crippen molar-refractivity contribution in [2.24, 2.45) is 0 Å². The van der Waals surface area contributed by atoms with Crippen molar-refractivity contribution < 1.29 is 28.4 Å². The normalized spacial score (nSPS) is 9.93. The Balaban J connectivity index is 0.000000292. The first kappa shape index (κ1) is 12.7. The second kappa shape index (κ2) is 5.43. The summed E-state index contributed by atoms with van der Waals surface area (Å²) in [6.45, 7) is 0. The largest absolute Gasteiger partial charge is 0.507 e. The van der Waals surface area contributed by atoms with E-state index in [1.54, 1.807) is 12.1 Å². The van der Waals surface area contributed by atoms with Crippen molar-refractivity contribution in [1.29, 1.82) is 0 Å². The van der Waals surface area contributed by atoms with Crippen LogP contribution in [0.2, 0.25) is 0 Å². The minimum Gasteiger partial charge on any atom is -0.477 e. The van der Waals surface area contributed by atoms with Gasteiger partial charge in [0.2, 0.25) is 0 Å². The van der Waals surface area contributed by atoms with E-state index >= 15 is 0 Å². The summed E-state index contributed by atoms with van der Waals surface area (Å²) in [6.07, 6.45) is 1.45. The fourth-order valence-electron chi connectivity index (χ4n) is 0.489. The summed E-state index contributed by atoms with van der Waals surface area (Å²) in [4.78, 5) is 27.6. The van der Waals surface area contributed by atoms with E-state index in [4.69, 9.17) is 19.5 Å². The summed E-state index contributed by atoms with van der Waals surface area (Å²) in [5.74, 6) is -0.990. The quantitative estimate of drug-likeness (QED) is 0.608. The Morgan fingerprint density at radius 1 is 1.43 bits per heavy atom. The van der Waals surface area contributed by atoms with Gasteiger partial charge in [-0.05, 0) is 12.1 Å². The van der Waals surface area contributed by atoms with Crippen molar-refractivity contribution in [2.75, 3.05) is 0 Å². The van der Waals surface area contributed by atoms with Crippen LogP contribution in [0.25, 0.3) is 0 Å². The van der Waals surface area contributed by atoms with Crippen molar-refractivity contribution in [2.45, 2.75) is 0 Å². The zero-order chi connectivity index (χ0) is 11.2. The highest BCUT2D eigenvalue weighted by molar-refractivity contribution is 7.45. The number of rotatable bonds is 1. The Morgan fingerprint density at radius 3 is 2.14 bits per heavy atom. The third-order valence-corrected chi connectivity index (χ3v) is 0.884. The number of carboxylic acids is 1. The molecule has 0 saturated heterocycles. The minimum absolute atomic E-state index is 0.0810. The van der Waals surface area contributed by atoms with E-state index in [9.17, 15) is 8.99 Å². The molecule has 0 bridgehead atoms. The van der Waals surface area contributed by atoms with Gasteiger partial charge in [-0.3, -0.25) is 9.79 Å². The summed E-state index contributed by atoms with van der Waals surface area (Å²) in [6, 6.07) is 4.76. The molecule has 0 fully saturated rings. The molecular weight excluding hydrogens is 216 g/mol. The molecule has 78 valence electrons. The fraction of sp³-hybridized carbons (Fsp3) is 0. The molecule has 0 amide bonds. The molecule has 1 aromatic heterocycles. The SMILES string of the molecule is O=C(O)c1ccccn1.O=P(O)(O)F. The van der Waals surface area contributed by atoms with E-state index < -0.39 is 13.9 Å². The maximum absolute atomic E-state index is 10.4. The lowest BCUT2D eigenvalue weighted by atomic mass is 10.4. The van der Waals surface area contributed by atoms with E-state index in [0.29, 0.717) is 0 Å².